The minimum atomic E-state index is 0.624. The Labute approximate surface area is 104 Å². The Balaban J connectivity index is 2.20. The first kappa shape index (κ1) is 13.2. The van der Waals surface area contributed by atoms with Crippen LogP contribution in [0.5, 0.6) is 0 Å². The molecule has 1 heterocycles. The number of nitrogens with one attached hydrogen (secondary N) is 1. The summed E-state index contributed by atoms with van der Waals surface area (Å²) in [6, 6.07) is 4.24. The summed E-state index contributed by atoms with van der Waals surface area (Å²) >= 11 is 5.25. The lowest BCUT2D eigenvalue weighted by Gasteiger charge is -2.13. The van der Waals surface area contributed by atoms with Crippen LogP contribution < -0.4 is 11.1 Å². The Morgan fingerprint density at radius 3 is 2.87 bits per heavy atom. The number of halogens is 1. The molecule has 1 unspecified atom stereocenters. The third-order valence-electron chi connectivity index (χ3n) is 2.39. The number of thiophene rings is 1. The molecule has 0 aliphatic rings. The molecule has 3 N–H and O–H groups in total. The van der Waals surface area contributed by atoms with E-state index in [1.54, 1.807) is 11.3 Å². The van der Waals surface area contributed by atoms with Crippen LogP contribution in [0.1, 0.15) is 24.6 Å². The average molecular weight is 291 g/mol. The molecule has 0 saturated carbocycles. The van der Waals surface area contributed by atoms with Crippen LogP contribution in [-0.4, -0.2) is 13.1 Å². The van der Waals surface area contributed by atoms with E-state index >= 15 is 0 Å². The molecule has 0 bridgehead atoms. The van der Waals surface area contributed by atoms with Gasteiger partial charge in [0, 0.05) is 11.4 Å². The molecule has 1 aromatic rings. The van der Waals surface area contributed by atoms with Crippen molar-refractivity contribution >= 4 is 27.3 Å². The average Bonchev–Trinajstić information content (AvgIpc) is 2.63. The number of hydrogen-bond acceptors (Lipinski definition) is 3. The van der Waals surface area contributed by atoms with Crippen LogP contribution in [0.25, 0.3) is 0 Å². The van der Waals surface area contributed by atoms with Gasteiger partial charge in [-0.05, 0) is 53.5 Å². The lowest BCUT2D eigenvalue weighted by molar-refractivity contribution is 0.450. The molecule has 0 fully saturated rings. The second-order valence-electron chi connectivity index (χ2n) is 3.73. The van der Waals surface area contributed by atoms with E-state index in [9.17, 15) is 0 Å². The molecule has 4 heteroatoms. The predicted molar refractivity (Wildman–Crippen MR) is 71.2 cm³/mol. The first-order valence-corrected chi connectivity index (χ1v) is 7.02. The van der Waals surface area contributed by atoms with Crippen LogP contribution in [0, 0.1) is 5.92 Å². The normalized spacial score (nSPS) is 13.0. The van der Waals surface area contributed by atoms with E-state index in [0.29, 0.717) is 5.92 Å². The molecule has 0 amide bonds. The summed E-state index contributed by atoms with van der Waals surface area (Å²) in [4.78, 5) is 1.37. The van der Waals surface area contributed by atoms with Gasteiger partial charge in [-0.3, -0.25) is 0 Å². The van der Waals surface area contributed by atoms with Crippen LogP contribution >= 0.6 is 27.3 Å². The molecule has 0 aliphatic heterocycles. The van der Waals surface area contributed by atoms with Crippen LogP contribution in [0.15, 0.2) is 15.9 Å². The second kappa shape index (κ2) is 7.39. The Morgan fingerprint density at radius 1 is 1.53 bits per heavy atom. The molecule has 2 nitrogen and oxygen atoms in total. The van der Waals surface area contributed by atoms with Gasteiger partial charge in [0.05, 0.1) is 3.79 Å². The van der Waals surface area contributed by atoms with E-state index in [1.165, 1.54) is 21.5 Å². The standard InChI is InChI=1S/C11H19BrN2S/c1-2-3-9(6-13)7-14-8-10-4-5-11(12)15-10/h4-5,9,14H,2-3,6-8,13H2,1H3. The van der Waals surface area contributed by atoms with Crippen molar-refractivity contribution in [1.82, 2.24) is 5.32 Å². The Hall–Kier alpha value is 0.1000. The maximum atomic E-state index is 5.70. The SMILES string of the molecule is CCCC(CN)CNCc1ccc(Br)s1. The van der Waals surface area contributed by atoms with Crippen molar-refractivity contribution < 1.29 is 0 Å². The highest BCUT2D eigenvalue weighted by Crippen LogP contribution is 2.21. The van der Waals surface area contributed by atoms with E-state index in [2.05, 4.69) is 40.3 Å². The largest absolute Gasteiger partial charge is 0.330 e. The molecule has 86 valence electrons. The van der Waals surface area contributed by atoms with Gasteiger partial charge in [-0.25, -0.2) is 0 Å². The third kappa shape index (κ3) is 5.11. The lowest BCUT2D eigenvalue weighted by atomic mass is 10.0. The van der Waals surface area contributed by atoms with Crippen molar-refractivity contribution in [2.75, 3.05) is 13.1 Å². The lowest BCUT2D eigenvalue weighted by Crippen LogP contribution is -2.27. The van der Waals surface area contributed by atoms with E-state index in [1.807, 2.05) is 0 Å². The number of rotatable bonds is 7. The highest BCUT2D eigenvalue weighted by molar-refractivity contribution is 9.11. The fourth-order valence-corrected chi connectivity index (χ4v) is 3.01. The van der Waals surface area contributed by atoms with Gasteiger partial charge in [0.1, 0.15) is 0 Å². The monoisotopic (exact) mass is 290 g/mol. The van der Waals surface area contributed by atoms with E-state index in [-0.39, 0.29) is 0 Å². The summed E-state index contributed by atoms with van der Waals surface area (Å²) in [6.07, 6.45) is 2.44. The maximum absolute atomic E-state index is 5.70. The van der Waals surface area contributed by atoms with Gasteiger partial charge in [0.15, 0.2) is 0 Å². The van der Waals surface area contributed by atoms with Crippen LogP contribution in [-0.2, 0) is 6.54 Å². The fraction of sp³-hybridized carbons (Fsp3) is 0.636. The van der Waals surface area contributed by atoms with Gasteiger partial charge in [-0.15, -0.1) is 11.3 Å². The smallest absolute Gasteiger partial charge is 0.0701 e. The molecule has 1 aromatic heterocycles. The Bertz CT molecular complexity index is 275. The second-order valence-corrected chi connectivity index (χ2v) is 6.27. The minimum Gasteiger partial charge on any atom is -0.330 e. The topological polar surface area (TPSA) is 38.0 Å². The van der Waals surface area contributed by atoms with Crippen molar-refractivity contribution in [3.63, 3.8) is 0 Å². The van der Waals surface area contributed by atoms with E-state index < -0.39 is 0 Å². The number of nitrogens with two attached hydrogens (primary N) is 1. The van der Waals surface area contributed by atoms with Crippen molar-refractivity contribution in [3.05, 3.63) is 20.8 Å². The highest BCUT2D eigenvalue weighted by Gasteiger charge is 2.04. The van der Waals surface area contributed by atoms with Gasteiger partial charge in [-0.1, -0.05) is 13.3 Å². The van der Waals surface area contributed by atoms with Crippen molar-refractivity contribution in [2.24, 2.45) is 11.7 Å². The van der Waals surface area contributed by atoms with Crippen LogP contribution in [0.2, 0.25) is 0 Å². The van der Waals surface area contributed by atoms with Gasteiger partial charge in [0.2, 0.25) is 0 Å². The third-order valence-corrected chi connectivity index (χ3v) is 4.01. The van der Waals surface area contributed by atoms with Gasteiger partial charge in [-0.2, -0.15) is 0 Å². The first-order valence-electron chi connectivity index (χ1n) is 5.41. The Kier molecular flexibility index (Phi) is 6.48. The van der Waals surface area contributed by atoms with Crippen molar-refractivity contribution in [1.29, 1.82) is 0 Å². The predicted octanol–water partition coefficient (Wildman–Crippen LogP) is 2.98. The van der Waals surface area contributed by atoms with Crippen molar-refractivity contribution in [3.8, 4) is 0 Å². The molecule has 0 saturated heterocycles. The van der Waals surface area contributed by atoms with Gasteiger partial charge in [0.25, 0.3) is 0 Å². The highest BCUT2D eigenvalue weighted by atomic mass is 79.9. The molecule has 0 aliphatic carbocycles. The zero-order valence-corrected chi connectivity index (χ0v) is 11.5. The van der Waals surface area contributed by atoms with E-state index in [0.717, 1.165) is 19.6 Å². The molecule has 1 atom stereocenters. The molecule has 0 spiro atoms. The first-order chi connectivity index (χ1) is 7.26. The molecular formula is C11H19BrN2S. The van der Waals surface area contributed by atoms with Crippen molar-refractivity contribution in [2.45, 2.75) is 26.3 Å². The summed E-state index contributed by atoms with van der Waals surface area (Å²) in [5.41, 5.74) is 5.70. The molecule has 15 heavy (non-hydrogen) atoms. The molecule has 0 aromatic carbocycles. The van der Waals surface area contributed by atoms with Crippen LogP contribution in [0.3, 0.4) is 0 Å². The zero-order chi connectivity index (χ0) is 11.1. The van der Waals surface area contributed by atoms with Gasteiger partial charge >= 0.3 is 0 Å². The summed E-state index contributed by atoms with van der Waals surface area (Å²) in [7, 11) is 0. The number of hydrogen-bond donors (Lipinski definition) is 2. The molecular weight excluding hydrogens is 272 g/mol. The summed E-state index contributed by atoms with van der Waals surface area (Å²) in [5, 5.41) is 3.46. The van der Waals surface area contributed by atoms with E-state index in [4.69, 9.17) is 5.73 Å². The summed E-state index contributed by atoms with van der Waals surface area (Å²) in [6.45, 7) is 4.98. The minimum absolute atomic E-state index is 0.624. The fourth-order valence-electron chi connectivity index (χ4n) is 1.56. The molecule has 0 radical (unpaired) electrons. The summed E-state index contributed by atoms with van der Waals surface area (Å²) in [5.74, 6) is 0.624. The molecule has 1 rings (SSSR count). The zero-order valence-electron chi connectivity index (χ0n) is 9.13. The van der Waals surface area contributed by atoms with Crippen LogP contribution in [0.4, 0.5) is 0 Å². The summed E-state index contributed by atoms with van der Waals surface area (Å²) < 4.78 is 1.20. The quantitative estimate of drug-likeness (QED) is 0.810. The Morgan fingerprint density at radius 2 is 2.33 bits per heavy atom. The maximum Gasteiger partial charge on any atom is 0.0701 e. The van der Waals surface area contributed by atoms with Gasteiger partial charge < -0.3 is 11.1 Å².